The Morgan fingerprint density at radius 3 is 2.47 bits per heavy atom. The first-order valence-corrected chi connectivity index (χ1v) is 7.31. The molecule has 0 spiro atoms. The van der Waals surface area contributed by atoms with E-state index in [0.717, 1.165) is 21.5 Å². The highest BCUT2D eigenvalue weighted by molar-refractivity contribution is 9.10. The van der Waals surface area contributed by atoms with Crippen LogP contribution in [0.1, 0.15) is 12.5 Å². The number of ether oxygens (including phenoxy) is 2. The Balaban J connectivity index is 2.23. The lowest BCUT2D eigenvalue weighted by atomic mass is 10.2. The fraction of sp³-hybridized carbons (Fsp3) is 0.200. The maximum Gasteiger partial charge on any atom is 0.169 e. The van der Waals surface area contributed by atoms with Crippen LogP contribution >= 0.6 is 27.5 Å². The molecule has 0 atom stereocenters. The Morgan fingerprint density at radius 2 is 1.84 bits per heavy atom. The highest BCUT2D eigenvalue weighted by atomic mass is 79.9. The monoisotopic (exact) mass is 340 g/mol. The molecule has 0 saturated carbocycles. The van der Waals surface area contributed by atoms with Crippen LogP contribution in [0, 0.1) is 0 Å². The molecule has 0 heterocycles. The second kappa shape index (κ2) is 6.83. The molecule has 2 aromatic rings. The van der Waals surface area contributed by atoms with Crippen LogP contribution in [0.3, 0.4) is 0 Å². The molecule has 0 unspecified atom stereocenters. The van der Waals surface area contributed by atoms with E-state index in [-0.39, 0.29) is 0 Å². The fourth-order valence-corrected chi connectivity index (χ4v) is 2.53. The Bertz CT molecular complexity index is 558. The van der Waals surface area contributed by atoms with Crippen molar-refractivity contribution in [3.8, 4) is 17.2 Å². The highest BCUT2D eigenvalue weighted by Crippen LogP contribution is 2.33. The summed E-state index contributed by atoms with van der Waals surface area (Å²) < 4.78 is 12.3. The molecule has 0 amide bonds. The fourth-order valence-electron chi connectivity index (χ4n) is 1.64. The second-order valence-corrected chi connectivity index (χ2v) is 4.99. The van der Waals surface area contributed by atoms with Crippen molar-refractivity contribution in [1.82, 2.24) is 0 Å². The zero-order valence-corrected chi connectivity index (χ0v) is 12.9. The van der Waals surface area contributed by atoms with Crippen LogP contribution in [0.15, 0.2) is 46.9 Å². The van der Waals surface area contributed by atoms with Crippen LogP contribution in [0.4, 0.5) is 0 Å². The van der Waals surface area contributed by atoms with Crippen molar-refractivity contribution < 1.29 is 9.47 Å². The molecule has 19 heavy (non-hydrogen) atoms. The molecular formula is C15H14BrClO2. The van der Waals surface area contributed by atoms with Crippen LogP contribution in [0.2, 0.25) is 0 Å². The summed E-state index contributed by atoms with van der Waals surface area (Å²) in [6.07, 6.45) is 0. The number of benzene rings is 2. The van der Waals surface area contributed by atoms with E-state index in [1.165, 1.54) is 0 Å². The number of hydrogen-bond donors (Lipinski definition) is 0. The van der Waals surface area contributed by atoms with Crippen molar-refractivity contribution in [2.75, 3.05) is 6.61 Å². The van der Waals surface area contributed by atoms with Crippen LogP contribution in [0.25, 0.3) is 0 Å². The molecule has 0 aliphatic rings. The Labute approximate surface area is 126 Å². The first-order valence-electron chi connectivity index (χ1n) is 5.98. The van der Waals surface area contributed by atoms with E-state index < -0.39 is 0 Å². The van der Waals surface area contributed by atoms with Gasteiger partial charge in [0.2, 0.25) is 0 Å². The lowest BCUT2D eigenvalue weighted by molar-refractivity contribution is 0.321. The number of halogens is 2. The Kier molecular flexibility index (Phi) is 5.11. The van der Waals surface area contributed by atoms with Gasteiger partial charge in [0.05, 0.1) is 6.61 Å². The smallest absolute Gasteiger partial charge is 0.169 e. The van der Waals surface area contributed by atoms with Crippen LogP contribution in [-0.2, 0) is 5.88 Å². The minimum Gasteiger partial charge on any atom is -0.490 e. The van der Waals surface area contributed by atoms with Crippen molar-refractivity contribution in [2.24, 2.45) is 0 Å². The molecule has 0 bridgehead atoms. The van der Waals surface area contributed by atoms with Gasteiger partial charge in [-0.1, -0.05) is 34.1 Å². The summed E-state index contributed by atoms with van der Waals surface area (Å²) in [6.45, 7) is 2.55. The van der Waals surface area contributed by atoms with Crippen molar-refractivity contribution in [3.05, 3.63) is 52.5 Å². The highest BCUT2D eigenvalue weighted by Gasteiger charge is 2.06. The predicted molar refractivity (Wildman–Crippen MR) is 81.4 cm³/mol. The average Bonchev–Trinajstić information content (AvgIpc) is 2.41. The van der Waals surface area contributed by atoms with Gasteiger partial charge in [0.15, 0.2) is 11.5 Å². The summed E-state index contributed by atoms with van der Waals surface area (Å²) in [5.41, 5.74) is 1.03. The van der Waals surface area contributed by atoms with E-state index in [1.807, 2.05) is 49.4 Å². The first kappa shape index (κ1) is 14.2. The van der Waals surface area contributed by atoms with E-state index in [1.54, 1.807) is 0 Å². The van der Waals surface area contributed by atoms with E-state index >= 15 is 0 Å². The van der Waals surface area contributed by atoms with Gasteiger partial charge in [0.25, 0.3) is 0 Å². The minimum absolute atomic E-state index is 0.469. The van der Waals surface area contributed by atoms with Gasteiger partial charge in [-0.05, 0) is 36.8 Å². The largest absolute Gasteiger partial charge is 0.490 e. The zero-order valence-electron chi connectivity index (χ0n) is 10.5. The summed E-state index contributed by atoms with van der Waals surface area (Å²) in [5, 5.41) is 0. The molecule has 100 valence electrons. The van der Waals surface area contributed by atoms with E-state index in [4.69, 9.17) is 21.1 Å². The number of hydrogen-bond acceptors (Lipinski definition) is 2. The third-order valence-electron chi connectivity index (χ3n) is 2.55. The van der Waals surface area contributed by atoms with Crippen molar-refractivity contribution in [1.29, 1.82) is 0 Å². The van der Waals surface area contributed by atoms with Gasteiger partial charge >= 0.3 is 0 Å². The summed E-state index contributed by atoms with van der Waals surface area (Å²) in [6, 6.07) is 13.3. The van der Waals surface area contributed by atoms with Crippen LogP contribution < -0.4 is 9.47 Å². The number of alkyl halides is 1. The lowest BCUT2D eigenvalue weighted by Gasteiger charge is -2.12. The quantitative estimate of drug-likeness (QED) is 0.680. The van der Waals surface area contributed by atoms with Crippen molar-refractivity contribution in [3.63, 3.8) is 0 Å². The van der Waals surface area contributed by atoms with E-state index in [2.05, 4.69) is 15.9 Å². The molecule has 0 aromatic heterocycles. The van der Waals surface area contributed by atoms with Gasteiger partial charge in [0.1, 0.15) is 5.75 Å². The van der Waals surface area contributed by atoms with E-state index in [0.29, 0.717) is 18.2 Å². The van der Waals surface area contributed by atoms with Gasteiger partial charge in [-0.2, -0.15) is 0 Å². The summed E-state index contributed by atoms with van der Waals surface area (Å²) in [4.78, 5) is 0. The third kappa shape index (κ3) is 3.64. The molecule has 4 heteroatoms. The number of para-hydroxylation sites is 2. The van der Waals surface area contributed by atoms with Crippen LogP contribution in [-0.4, -0.2) is 6.61 Å². The predicted octanol–water partition coefficient (Wildman–Crippen LogP) is 5.38. The molecule has 0 fully saturated rings. The maximum absolute atomic E-state index is 5.84. The molecule has 2 aromatic carbocycles. The Morgan fingerprint density at radius 1 is 1.11 bits per heavy atom. The van der Waals surface area contributed by atoms with Crippen molar-refractivity contribution >= 4 is 27.5 Å². The standard InChI is InChI=1S/C15H14BrClO2/c1-2-18-14-5-3-4-6-15(14)19-12-8-7-11(10-17)13(16)9-12/h3-9H,2,10H2,1H3. The molecule has 0 radical (unpaired) electrons. The molecule has 2 nitrogen and oxygen atoms in total. The SMILES string of the molecule is CCOc1ccccc1Oc1ccc(CCl)c(Br)c1. The molecular weight excluding hydrogens is 328 g/mol. The zero-order chi connectivity index (χ0) is 13.7. The summed E-state index contributed by atoms with van der Waals surface area (Å²) >= 11 is 9.29. The summed E-state index contributed by atoms with van der Waals surface area (Å²) in [7, 11) is 0. The van der Waals surface area contributed by atoms with E-state index in [9.17, 15) is 0 Å². The maximum atomic E-state index is 5.84. The topological polar surface area (TPSA) is 18.5 Å². The molecule has 0 aliphatic carbocycles. The number of rotatable bonds is 5. The van der Waals surface area contributed by atoms with Gasteiger partial charge < -0.3 is 9.47 Å². The minimum atomic E-state index is 0.469. The molecule has 0 N–H and O–H groups in total. The second-order valence-electron chi connectivity index (χ2n) is 3.87. The van der Waals surface area contributed by atoms with Gasteiger partial charge in [-0.3, -0.25) is 0 Å². The normalized spacial score (nSPS) is 10.3. The lowest BCUT2D eigenvalue weighted by Crippen LogP contribution is -1.94. The molecule has 0 aliphatic heterocycles. The Hall–Kier alpha value is -1.19. The average molecular weight is 342 g/mol. The third-order valence-corrected chi connectivity index (χ3v) is 3.57. The summed E-state index contributed by atoms with van der Waals surface area (Å²) in [5.74, 6) is 2.65. The van der Waals surface area contributed by atoms with Crippen molar-refractivity contribution in [2.45, 2.75) is 12.8 Å². The molecule has 2 rings (SSSR count). The molecule has 0 saturated heterocycles. The van der Waals surface area contributed by atoms with Gasteiger partial charge in [0, 0.05) is 10.4 Å². The van der Waals surface area contributed by atoms with Gasteiger partial charge in [-0.15, -0.1) is 11.6 Å². The van der Waals surface area contributed by atoms with Crippen LogP contribution in [0.5, 0.6) is 17.2 Å². The first-order chi connectivity index (χ1) is 9.24. The van der Waals surface area contributed by atoms with Gasteiger partial charge in [-0.25, -0.2) is 0 Å².